The standard InChI is InChI=1S/C54H38N2Si/c1-6-20-39(21-7-1)49-37-45(57(42-24-10-3-11-25-42,43-26-12-4-13-27-43)44-28-14-5-15-29-44)38-53-54(49)48-31-17-19-33-51(48)56(53)41-34-35-47-46-30-16-18-32-50(46)55(52(47)36-41)40-22-8-2-9-23-40/h1-38H. The number of aromatic nitrogens is 2. The fraction of sp³-hybridized carbons (Fsp3) is 0. The highest BCUT2D eigenvalue weighted by atomic mass is 28.3. The second kappa shape index (κ2) is 13.5. The van der Waals surface area contributed by atoms with Gasteiger partial charge in [0, 0.05) is 32.9 Å². The molecule has 11 rings (SSSR count). The summed E-state index contributed by atoms with van der Waals surface area (Å²) >= 11 is 0. The topological polar surface area (TPSA) is 9.86 Å². The van der Waals surface area contributed by atoms with Crippen molar-refractivity contribution in [2.24, 2.45) is 0 Å². The molecule has 0 saturated carbocycles. The minimum Gasteiger partial charge on any atom is -0.309 e. The van der Waals surface area contributed by atoms with Crippen molar-refractivity contribution in [1.82, 2.24) is 9.13 Å². The van der Waals surface area contributed by atoms with Crippen molar-refractivity contribution in [2.75, 3.05) is 0 Å². The first-order valence-electron chi connectivity index (χ1n) is 19.7. The monoisotopic (exact) mass is 742 g/mol. The van der Waals surface area contributed by atoms with E-state index in [-0.39, 0.29) is 0 Å². The second-order valence-electron chi connectivity index (χ2n) is 14.9. The van der Waals surface area contributed by atoms with E-state index >= 15 is 0 Å². The van der Waals surface area contributed by atoms with Crippen LogP contribution in [0.1, 0.15) is 0 Å². The van der Waals surface area contributed by atoms with Gasteiger partial charge in [-0.05, 0) is 74.3 Å². The summed E-state index contributed by atoms with van der Waals surface area (Å²) in [5.74, 6) is 0. The Morgan fingerprint density at radius 2 is 0.737 bits per heavy atom. The third-order valence-corrected chi connectivity index (χ3v) is 16.6. The van der Waals surface area contributed by atoms with Crippen LogP contribution >= 0.6 is 0 Å². The lowest BCUT2D eigenvalue weighted by atomic mass is 9.99. The average molecular weight is 743 g/mol. The van der Waals surface area contributed by atoms with Crippen molar-refractivity contribution < 1.29 is 0 Å². The van der Waals surface area contributed by atoms with Crippen LogP contribution in [0.25, 0.3) is 66.1 Å². The molecule has 0 N–H and O–H groups in total. The Hall–Kier alpha value is -7.20. The molecule has 57 heavy (non-hydrogen) atoms. The van der Waals surface area contributed by atoms with E-state index in [2.05, 4.69) is 240 Å². The Labute approximate surface area is 333 Å². The minimum absolute atomic E-state index is 1.14. The fourth-order valence-electron chi connectivity index (χ4n) is 9.45. The molecule has 2 aromatic heterocycles. The molecular weight excluding hydrogens is 705 g/mol. The quantitative estimate of drug-likeness (QED) is 0.114. The van der Waals surface area contributed by atoms with Gasteiger partial charge in [-0.25, -0.2) is 0 Å². The smallest absolute Gasteiger partial charge is 0.179 e. The maximum Gasteiger partial charge on any atom is 0.179 e. The zero-order valence-corrected chi connectivity index (χ0v) is 32.3. The van der Waals surface area contributed by atoms with Gasteiger partial charge in [0.05, 0.1) is 22.1 Å². The third-order valence-electron chi connectivity index (χ3n) is 11.8. The average Bonchev–Trinajstić information content (AvgIpc) is 3.81. The summed E-state index contributed by atoms with van der Waals surface area (Å²) in [6.45, 7) is 0. The van der Waals surface area contributed by atoms with Crippen LogP contribution in [0.3, 0.4) is 0 Å². The third kappa shape index (κ3) is 5.17. The lowest BCUT2D eigenvalue weighted by molar-refractivity contribution is 1.15. The van der Waals surface area contributed by atoms with Crippen molar-refractivity contribution in [3.63, 3.8) is 0 Å². The van der Waals surface area contributed by atoms with Crippen LogP contribution < -0.4 is 20.7 Å². The van der Waals surface area contributed by atoms with E-state index in [1.54, 1.807) is 0 Å². The van der Waals surface area contributed by atoms with Crippen LogP contribution in [-0.2, 0) is 0 Å². The number of para-hydroxylation sites is 3. The zero-order chi connectivity index (χ0) is 37.8. The fourth-order valence-corrected chi connectivity index (χ4v) is 14.2. The van der Waals surface area contributed by atoms with Crippen LogP contribution in [0, 0.1) is 0 Å². The van der Waals surface area contributed by atoms with E-state index < -0.39 is 8.07 Å². The molecule has 9 aromatic carbocycles. The number of hydrogen-bond acceptors (Lipinski definition) is 0. The summed E-state index contributed by atoms with van der Waals surface area (Å²) in [5, 5.41) is 10.4. The molecule has 0 spiro atoms. The Kier molecular flexibility index (Phi) is 7.87. The Bertz CT molecular complexity index is 3110. The van der Waals surface area contributed by atoms with Crippen LogP contribution in [0.4, 0.5) is 0 Å². The summed E-state index contributed by atoms with van der Waals surface area (Å²) in [4.78, 5) is 0. The minimum atomic E-state index is -2.89. The highest BCUT2D eigenvalue weighted by Gasteiger charge is 2.42. The van der Waals surface area contributed by atoms with Crippen LogP contribution in [0.15, 0.2) is 231 Å². The Morgan fingerprint density at radius 3 is 1.33 bits per heavy atom. The van der Waals surface area contributed by atoms with Gasteiger partial charge < -0.3 is 9.13 Å². The van der Waals surface area contributed by atoms with Gasteiger partial charge in [-0.2, -0.15) is 0 Å². The summed E-state index contributed by atoms with van der Waals surface area (Å²) < 4.78 is 4.94. The zero-order valence-electron chi connectivity index (χ0n) is 31.3. The molecule has 0 aliphatic rings. The highest BCUT2D eigenvalue weighted by Crippen LogP contribution is 2.40. The van der Waals surface area contributed by atoms with Crippen molar-refractivity contribution in [3.05, 3.63) is 231 Å². The van der Waals surface area contributed by atoms with E-state index in [4.69, 9.17) is 0 Å². The number of rotatable bonds is 7. The van der Waals surface area contributed by atoms with E-state index in [0.29, 0.717) is 0 Å². The van der Waals surface area contributed by atoms with Crippen molar-refractivity contribution in [2.45, 2.75) is 0 Å². The van der Waals surface area contributed by atoms with Gasteiger partial charge in [-0.3, -0.25) is 0 Å². The van der Waals surface area contributed by atoms with Gasteiger partial charge >= 0.3 is 0 Å². The van der Waals surface area contributed by atoms with Crippen LogP contribution in [-0.4, -0.2) is 17.2 Å². The van der Waals surface area contributed by atoms with Gasteiger partial charge in [-0.1, -0.05) is 188 Å². The SMILES string of the molecule is c1ccc(-c2cc([Si](c3ccccc3)(c3ccccc3)c3ccccc3)cc3c2c2ccccc2n3-c2ccc3c4ccccc4n(-c4ccccc4)c3c2)cc1. The molecule has 0 aliphatic carbocycles. The predicted octanol–water partition coefficient (Wildman–Crippen LogP) is 10.9. The maximum absolute atomic E-state index is 2.89. The van der Waals surface area contributed by atoms with Gasteiger partial charge in [-0.15, -0.1) is 0 Å². The Balaban J connectivity index is 1.31. The van der Waals surface area contributed by atoms with E-state index in [9.17, 15) is 0 Å². The first-order chi connectivity index (χ1) is 28.3. The lowest BCUT2D eigenvalue weighted by Crippen LogP contribution is -2.74. The summed E-state index contributed by atoms with van der Waals surface area (Å²) in [5.41, 5.74) is 9.53. The molecule has 0 fully saturated rings. The van der Waals surface area contributed by atoms with Gasteiger partial charge in [0.15, 0.2) is 8.07 Å². The maximum atomic E-state index is 2.54. The van der Waals surface area contributed by atoms with Crippen LogP contribution in [0.2, 0.25) is 0 Å². The molecule has 0 saturated heterocycles. The molecule has 0 atom stereocenters. The van der Waals surface area contributed by atoms with Gasteiger partial charge in [0.1, 0.15) is 0 Å². The first kappa shape index (κ1) is 33.2. The molecule has 0 aliphatic heterocycles. The molecule has 3 heteroatoms. The molecule has 2 heterocycles. The summed E-state index contributed by atoms with van der Waals surface area (Å²) in [6.07, 6.45) is 0. The highest BCUT2D eigenvalue weighted by molar-refractivity contribution is 7.20. The number of nitrogens with zero attached hydrogens (tertiary/aromatic N) is 2. The molecule has 0 radical (unpaired) electrons. The number of hydrogen-bond donors (Lipinski definition) is 0. The lowest BCUT2D eigenvalue weighted by Gasteiger charge is -2.35. The van der Waals surface area contributed by atoms with E-state index in [1.807, 2.05) is 0 Å². The largest absolute Gasteiger partial charge is 0.309 e. The van der Waals surface area contributed by atoms with Crippen LogP contribution in [0.5, 0.6) is 0 Å². The molecule has 2 nitrogen and oxygen atoms in total. The van der Waals surface area contributed by atoms with Gasteiger partial charge in [0.2, 0.25) is 0 Å². The summed E-state index contributed by atoms with van der Waals surface area (Å²) in [6, 6.07) is 85.4. The normalized spacial score (nSPS) is 11.9. The van der Waals surface area contributed by atoms with Crippen molar-refractivity contribution in [1.29, 1.82) is 0 Å². The number of fused-ring (bicyclic) bond motifs is 6. The molecule has 0 unspecified atom stereocenters. The first-order valence-corrected chi connectivity index (χ1v) is 21.7. The molecule has 11 aromatic rings. The summed E-state index contributed by atoms with van der Waals surface area (Å²) in [7, 11) is -2.89. The van der Waals surface area contributed by atoms with Crippen molar-refractivity contribution >= 4 is 72.4 Å². The molecule has 0 bridgehead atoms. The van der Waals surface area contributed by atoms with E-state index in [1.165, 1.54) is 75.5 Å². The molecular formula is C54H38N2Si. The second-order valence-corrected chi connectivity index (χ2v) is 18.7. The molecule has 268 valence electrons. The predicted molar refractivity (Wildman–Crippen MR) is 244 cm³/mol. The van der Waals surface area contributed by atoms with Gasteiger partial charge in [0.25, 0.3) is 0 Å². The van der Waals surface area contributed by atoms with Crippen molar-refractivity contribution in [3.8, 4) is 22.5 Å². The Morgan fingerprint density at radius 1 is 0.281 bits per heavy atom. The van der Waals surface area contributed by atoms with E-state index in [0.717, 1.165) is 11.4 Å². The molecule has 0 amide bonds. The number of benzene rings is 9.